The number of aryl methyl sites for hydroxylation is 1. The van der Waals surface area contributed by atoms with Crippen LogP contribution in [0.25, 0.3) is 10.8 Å². The number of hydrazine groups is 1. The van der Waals surface area contributed by atoms with Gasteiger partial charge in [-0.05, 0) is 45.7 Å². The lowest BCUT2D eigenvalue weighted by atomic mass is 10.1. The SMILES string of the molecule is CCn1nc(C(=O)NNC(=O)c2cc(C(C)C)n(C(C)(C)C)n2)c2ccccc2c1=O. The number of nitrogens with one attached hydrogen (secondary N) is 2. The topological polar surface area (TPSA) is 111 Å². The minimum Gasteiger partial charge on any atom is -0.267 e. The van der Waals surface area contributed by atoms with Crippen molar-refractivity contribution in [1.82, 2.24) is 30.4 Å². The third-order valence-corrected chi connectivity index (χ3v) is 4.87. The zero-order valence-electron chi connectivity index (χ0n) is 18.7. The minimum absolute atomic E-state index is 0.0560. The van der Waals surface area contributed by atoms with E-state index < -0.39 is 11.8 Å². The van der Waals surface area contributed by atoms with E-state index in [-0.39, 0.29) is 28.4 Å². The van der Waals surface area contributed by atoms with Crippen molar-refractivity contribution < 1.29 is 9.59 Å². The molecule has 0 saturated heterocycles. The molecule has 1 aromatic carbocycles. The number of carbonyl (C=O) groups excluding carboxylic acids is 2. The second-order valence-corrected chi connectivity index (χ2v) is 8.62. The van der Waals surface area contributed by atoms with Gasteiger partial charge in [-0.2, -0.15) is 10.2 Å². The van der Waals surface area contributed by atoms with Crippen LogP contribution in [0, 0.1) is 0 Å². The van der Waals surface area contributed by atoms with Gasteiger partial charge in [0.25, 0.3) is 17.4 Å². The van der Waals surface area contributed by atoms with E-state index in [1.54, 1.807) is 37.3 Å². The van der Waals surface area contributed by atoms with Crippen molar-refractivity contribution in [2.24, 2.45) is 0 Å². The molecule has 0 spiro atoms. The quantitative estimate of drug-likeness (QED) is 0.626. The van der Waals surface area contributed by atoms with Crippen LogP contribution in [0.5, 0.6) is 0 Å². The van der Waals surface area contributed by atoms with Gasteiger partial charge in [0.15, 0.2) is 11.4 Å². The Labute approximate surface area is 180 Å². The summed E-state index contributed by atoms with van der Waals surface area (Å²) in [5, 5.41) is 9.41. The Morgan fingerprint density at radius 2 is 1.65 bits per heavy atom. The van der Waals surface area contributed by atoms with Gasteiger partial charge in [0.1, 0.15) is 0 Å². The van der Waals surface area contributed by atoms with Crippen molar-refractivity contribution in [3.8, 4) is 0 Å². The first-order valence-electron chi connectivity index (χ1n) is 10.3. The number of amides is 2. The molecule has 164 valence electrons. The zero-order chi connectivity index (χ0) is 22.9. The van der Waals surface area contributed by atoms with E-state index in [0.717, 1.165) is 5.69 Å². The van der Waals surface area contributed by atoms with Crippen molar-refractivity contribution in [3.63, 3.8) is 0 Å². The van der Waals surface area contributed by atoms with Crippen LogP contribution in [0.1, 0.15) is 74.1 Å². The van der Waals surface area contributed by atoms with Gasteiger partial charge in [0, 0.05) is 17.6 Å². The van der Waals surface area contributed by atoms with Crippen molar-refractivity contribution in [2.45, 2.75) is 59.5 Å². The molecular formula is C22H28N6O3. The van der Waals surface area contributed by atoms with Crippen molar-refractivity contribution in [3.05, 3.63) is 57.8 Å². The fourth-order valence-corrected chi connectivity index (χ4v) is 3.31. The maximum atomic E-state index is 12.8. The smallest absolute Gasteiger partial charge is 0.267 e. The molecule has 31 heavy (non-hydrogen) atoms. The van der Waals surface area contributed by atoms with E-state index in [9.17, 15) is 14.4 Å². The number of nitrogens with zero attached hydrogens (tertiary/aromatic N) is 4. The van der Waals surface area contributed by atoms with Crippen LogP contribution in [0.2, 0.25) is 0 Å². The molecule has 0 saturated carbocycles. The first-order valence-corrected chi connectivity index (χ1v) is 10.3. The Hall–Kier alpha value is -3.49. The monoisotopic (exact) mass is 424 g/mol. The highest BCUT2D eigenvalue weighted by atomic mass is 16.2. The van der Waals surface area contributed by atoms with E-state index >= 15 is 0 Å². The van der Waals surface area contributed by atoms with Gasteiger partial charge in [0.05, 0.1) is 10.9 Å². The summed E-state index contributed by atoms with van der Waals surface area (Å²) in [7, 11) is 0. The molecule has 0 bridgehead atoms. The van der Waals surface area contributed by atoms with Gasteiger partial charge >= 0.3 is 0 Å². The summed E-state index contributed by atoms with van der Waals surface area (Å²) in [5.74, 6) is -0.981. The lowest BCUT2D eigenvalue weighted by molar-refractivity contribution is 0.0840. The van der Waals surface area contributed by atoms with Gasteiger partial charge in [-0.25, -0.2) is 4.68 Å². The molecule has 0 aliphatic rings. The number of hydrogen-bond donors (Lipinski definition) is 2. The Balaban J connectivity index is 1.86. The number of hydrogen-bond acceptors (Lipinski definition) is 5. The Morgan fingerprint density at radius 3 is 2.19 bits per heavy atom. The van der Waals surface area contributed by atoms with E-state index in [1.807, 2.05) is 39.3 Å². The van der Waals surface area contributed by atoms with E-state index in [2.05, 4.69) is 21.0 Å². The predicted molar refractivity (Wildman–Crippen MR) is 118 cm³/mol. The predicted octanol–water partition coefficient (Wildman–Crippen LogP) is 2.57. The summed E-state index contributed by atoms with van der Waals surface area (Å²) in [6.45, 7) is 12.2. The van der Waals surface area contributed by atoms with E-state index in [4.69, 9.17) is 0 Å². The number of aromatic nitrogens is 4. The molecule has 3 rings (SSSR count). The number of fused-ring (bicyclic) bond motifs is 1. The van der Waals surface area contributed by atoms with Crippen molar-refractivity contribution >= 4 is 22.6 Å². The molecule has 0 fully saturated rings. The standard InChI is InChI=1S/C22H28N6O3/c1-7-27-21(31)15-11-9-8-10-14(15)18(26-27)20(30)24-23-19(29)16-12-17(13(2)3)28(25-16)22(4,5)6/h8-13H,7H2,1-6H3,(H,23,29)(H,24,30). The first kappa shape index (κ1) is 22.2. The lowest BCUT2D eigenvalue weighted by Crippen LogP contribution is -2.43. The van der Waals surface area contributed by atoms with Crippen LogP contribution < -0.4 is 16.4 Å². The molecular weight excluding hydrogens is 396 g/mol. The van der Waals surface area contributed by atoms with Gasteiger partial charge in [-0.3, -0.25) is 29.9 Å². The summed E-state index contributed by atoms with van der Waals surface area (Å²) >= 11 is 0. The summed E-state index contributed by atoms with van der Waals surface area (Å²) < 4.78 is 3.04. The van der Waals surface area contributed by atoms with Crippen molar-refractivity contribution in [1.29, 1.82) is 0 Å². The zero-order valence-corrected chi connectivity index (χ0v) is 18.7. The van der Waals surface area contributed by atoms with Gasteiger partial charge < -0.3 is 0 Å². The highest BCUT2D eigenvalue weighted by molar-refractivity contribution is 6.05. The Morgan fingerprint density at radius 1 is 1.03 bits per heavy atom. The van der Waals surface area contributed by atoms with Crippen molar-refractivity contribution in [2.75, 3.05) is 0 Å². The maximum absolute atomic E-state index is 12.8. The number of benzene rings is 1. The molecule has 0 unspecified atom stereocenters. The third kappa shape index (κ3) is 4.35. The molecule has 0 radical (unpaired) electrons. The first-order chi connectivity index (χ1) is 14.5. The normalized spacial score (nSPS) is 11.7. The molecule has 2 heterocycles. The highest BCUT2D eigenvalue weighted by Gasteiger charge is 2.24. The average molecular weight is 425 g/mol. The molecule has 2 amide bonds. The number of rotatable bonds is 4. The largest absolute Gasteiger partial charge is 0.290 e. The van der Waals surface area contributed by atoms with Gasteiger partial charge in [-0.15, -0.1) is 0 Å². The number of carbonyl (C=O) groups is 2. The van der Waals surface area contributed by atoms with Crippen LogP contribution in [-0.4, -0.2) is 31.4 Å². The summed E-state index contributed by atoms with van der Waals surface area (Å²) in [4.78, 5) is 37.9. The second-order valence-electron chi connectivity index (χ2n) is 8.62. The average Bonchev–Trinajstić information content (AvgIpc) is 3.19. The second kappa shape index (κ2) is 8.33. The fourth-order valence-electron chi connectivity index (χ4n) is 3.31. The molecule has 0 aliphatic heterocycles. The highest BCUT2D eigenvalue weighted by Crippen LogP contribution is 2.23. The van der Waals surface area contributed by atoms with E-state index in [0.29, 0.717) is 17.3 Å². The fraction of sp³-hybridized carbons (Fsp3) is 0.409. The maximum Gasteiger partial charge on any atom is 0.290 e. The van der Waals surface area contributed by atoms with Crippen LogP contribution >= 0.6 is 0 Å². The van der Waals surface area contributed by atoms with Crippen LogP contribution in [0.15, 0.2) is 35.1 Å². The Bertz CT molecular complexity index is 1200. The summed E-state index contributed by atoms with van der Waals surface area (Å²) in [6, 6.07) is 8.48. The van der Waals surface area contributed by atoms with E-state index in [1.165, 1.54) is 4.68 Å². The Kier molecular flexibility index (Phi) is 5.97. The third-order valence-electron chi connectivity index (χ3n) is 4.87. The van der Waals surface area contributed by atoms with Crippen LogP contribution in [-0.2, 0) is 12.1 Å². The molecule has 9 nitrogen and oxygen atoms in total. The van der Waals surface area contributed by atoms with Crippen LogP contribution in [0.3, 0.4) is 0 Å². The van der Waals surface area contributed by atoms with Crippen LogP contribution in [0.4, 0.5) is 0 Å². The van der Waals surface area contributed by atoms with Gasteiger partial charge in [-0.1, -0.05) is 32.0 Å². The summed E-state index contributed by atoms with van der Waals surface area (Å²) in [6.07, 6.45) is 0. The molecule has 0 aliphatic carbocycles. The molecule has 2 aromatic heterocycles. The summed E-state index contributed by atoms with van der Waals surface area (Å²) in [5.41, 5.74) is 5.41. The minimum atomic E-state index is -0.619. The lowest BCUT2D eigenvalue weighted by Gasteiger charge is -2.23. The molecule has 2 N–H and O–H groups in total. The molecule has 3 aromatic rings. The molecule has 0 atom stereocenters. The van der Waals surface area contributed by atoms with Gasteiger partial charge in [0.2, 0.25) is 0 Å². The molecule has 9 heteroatoms.